The fraction of sp³-hybridized carbons (Fsp3) is 0.462. The summed E-state index contributed by atoms with van der Waals surface area (Å²) in [4.78, 5) is 28.0. The molecule has 0 spiro atoms. The van der Waals surface area contributed by atoms with Gasteiger partial charge in [-0.3, -0.25) is 9.59 Å². The Hall–Kier alpha value is -2.62. The predicted octanol–water partition coefficient (Wildman–Crippen LogP) is 4.96. The number of benzene rings is 2. The summed E-state index contributed by atoms with van der Waals surface area (Å²) in [7, 11) is 0. The van der Waals surface area contributed by atoms with Gasteiger partial charge in [-0.15, -0.1) is 0 Å². The van der Waals surface area contributed by atoms with E-state index in [1.807, 2.05) is 45.9 Å². The van der Waals surface area contributed by atoms with Crippen LogP contribution in [0.4, 0.5) is 0 Å². The van der Waals surface area contributed by atoms with Crippen LogP contribution in [0.15, 0.2) is 48.5 Å². The maximum absolute atomic E-state index is 13.3. The second kappa shape index (κ2) is 11.5. The molecule has 0 saturated heterocycles. The highest BCUT2D eigenvalue weighted by molar-refractivity contribution is 5.87. The summed E-state index contributed by atoms with van der Waals surface area (Å²) in [6.07, 6.45) is 2.51. The number of carbonyl (C=O) groups excluding carboxylic acids is 2. The van der Waals surface area contributed by atoms with Crippen LogP contribution >= 0.6 is 0 Å². The number of carbonyl (C=O) groups is 2. The van der Waals surface area contributed by atoms with Crippen LogP contribution in [0.1, 0.15) is 62.3 Å². The lowest BCUT2D eigenvalue weighted by Gasteiger charge is -2.31. The maximum Gasteiger partial charge on any atom is 0.243 e. The van der Waals surface area contributed by atoms with Gasteiger partial charge in [0.05, 0.1) is 0 Å². The Balaban J connectivity index is 2.20. The molecule has 4 heteroatoms. The van der Waals surface area contributed by atoms with Crippen molar-refractivity contribution in [2.45, 2.75) is 78.9 Å². The van der Waals surface area contributed by atoms with E-state index in [0.717, 1.165) is 23.1 Å². The van der Waals surface area contributed by atoms with E-state index in [9.17, 15) is 9.59 Å². The van der Waals surface area contributed by atoms with Crippen LogP contribution in [0.25, 0.3) is 0 Å². The van der Waals surface area contributed by atoms with Crippen molar-refractivity contribution in [2.75, 3.05) is 0 Å². The fourth-order valence-electron chi connectivity index (χ4n) is 3.52. The summed E-state index contributed by atoms with van der Waals surface area (Å²) in [6, 6.07) is 16.0. The molecule has 0 bridgehead atoms. The number of nitrogens with one attached hydrogen (secondary N) is 1. The lowest BCUT2D eigenvalue weighted by Crippen LogP contribution is -2.50. The molecule has 0 aromatic heterocycles. The van der Waals surface area contributed by atoms with Gasteiger partial charge >= 0.3 is 0 Å². The topological polar surface area (TPSA) is 49.4 Å². The summed E-state index contributed by atoms with van der Waals surface area (Å²) in [5, 5.41) is 3.06. The largest absolute Gasteiger partial charge is 0.352 e. The molecule has 0 fully saturated rings. The number of hydrogen-bond donors (Lipinski definition) is 1. The van der Waals surface area contributed by atoms with Gasteiger partial charge in [0.2, 0.25) is 11.8 Å². The molecule has 0 radical (unpaired) electrons. The van der Waals surface area contributed by atoms with Gasteiger partial charge in [-0.2, -0.15) is 0 Å². The Morgan fingerprint density at radius 2 is 1.63 bits per heavy atom. The quantitative estimate of drug-likeness (QED) is 0.604. The lowest BCUT2D eigenvalue weighted by molar-refractivity contribution is -0.141. The Bertz CT molecular complexity index is 829. The minimum absolute atomic E-state index is 0.0169. The molecule has 162 valence electrons. The average molecular weight is 409 g/mol. The summed E-state index contributed by atoms with van der Waals surface area (Å²) < 4.78 is 0. The zero-order chi connectivity index (χ0) is 22.1. The first-order valence-electron chi connectivity index (χ1n) is 11.0. The van der Waals surface area contributed by atoms with Gasteiger partial charge in [0, 0.05) is 19.0 Å². The van der Waals surface area contributed by atoms with Gasteiger partial charge in [-0.25, -0.2) is 0 Å². The standard InChI is InChI=1S/C26H36N2O2/c1-6-21(5)27-26(30)24(7-2)28(18-23-10-8-9-20(4)17-23)25(29)16-15-22-13-11-19(3)12-14-22/h8-14,17,21,24H,6-7,15-16,18H2,1-5H3,(H,27,30)/t21-,24+/m1/s1. The second-order valence-corrected chi connectivity index (χ2v) is 8.24. The Kier molecular flexibility index (Phi) is 9.10. The van der Waals surface area contributed by atoms with Crippen molar-refractivity contribution < 1.29 is 9.59 Å². The van der Waals surface area contributed by atoms with Crippen LogP contribution in [-0.4, -0.2) is 28.8 Å². The van der Waals surface area contributed by atoms with Gasteiger partial charge in [0.15, 0.2) is 0 Å². The van der Waals surface area contributed by atoms with E-state index in [4.69, 9.17) is 0 Å². The molecule has 2 aromatic carbocycles. The Morgan fingerprint density at radius 1 is 0.933 bits per heavy atom. The molecule has 2 rings (SSSR count). The van der Waals surface area contributed by atoms with Gasteiger partial charge in [-0.05, 0) is 51.2 Å². The van der Waals surface area contributed by atoms with Crippen molar-refractivity contribution in [1.82, 2.24) is 10.2 Å². The van der Waals surface area contributed by atoms with E-state index in [2.05, 4.69) is 42.6 Å². The molecule has 0 heterocycles. The van der Waals surface area contributed by atoms with Crippen molar-refractivity contribution in [3.63, 3.8) is 0 Å². The highest BCUT2D eigenvalue weighted by Crippen LogP contribution is 2.16. The summed E-state index contributed by atoms with van der Waals surface area (Å²) in [5.74, 6) is -0.0496. The van der Waals surface area contributed by atoms with E-state index in [0.29, 0.717) is 25.8 Å². The van der Waals surface area contributed by atoms with E-state index in [1.165, 1.54) is 5.56 Å². The third-order valence-electron chi connectivity index (χ3n) is 5.57. The molecule has 2 atom stereocenters. The third kappa shape index (κ3) is 7.01. The Morgan fingerprint density at radius 3 is 2.23 bits per heavy atom. The zero-order valence-corrected chi connectivity index (χ0v) is 19.1. The van der Waals surface area contributed by atoms with Crippen molar-refractivity contribution in [3.05, 3.63) is 70.8 Å². The monoisotopic (exact) mass is 408 g/mol. The number of amides is 2. The molecule has 0 aliphatic rings. The van der Waals surface area contributed by atoms with Gasteiger partial charge < -0.3 is 10.2 Å². The number of nitrogens with zero attached hydrogens (tertiary/aromatic N) is 1. The SMILES string of the molecule is CC[C@@H](C)NC(=O)[C@H](CC)N(Cc1cccc(C)c1)C(=O)CCc1ccc(C)cc1. The van der Waals surface area contributed by atoms with Gasteiger partial charge in [0.25, 0.3) is 0 Å². The molecular weight excluding hydrogens is 372 g/mol. The maximum atomic E-state index is 13.3. The number of hydrogen-bond acceptors (Lipinski definition) is 2. The smallest absolute Gasteiger partial charge is 0.243 e. The summed E-state index contributed by atoms with van der Waals surface area (Å²) in [5.41, 5.74) is 4.55. The highest BCUT2D eigenvalue weighted by Gasteiger charge is 2.29. The third-order valence-corrected chi connectivity index (χ3v) is 5.57. The molecule has 0 unspecified atom stereocenters. The van der Waals surface area contributed by atoms with Crippen molar-refractivity contribution in [2.24, 2.45) is 0 Å². The van der Waals surface area contributed by atoms with E-state index >= 15 is 0 Å². The van der Waals surface area contributed by atoms with Crippen molar-refractivity contribution in [1.29, 1.82) is 0 Å². The first-order valence-corrected chi connectivity index (χ1v) is 11.0. The Labute approximate surface area is 181 Å². The molecule has 2 amide bonds. The molecule has 4 nitrogen and oxygen atoms in total. The molecule has 30 heavy (non-hydrogen) atoms. The summed E-state index contributed by atoms with van der Waals surface area (Å²) in [6.45, 7) is 10.6. The van der Waals surface area contributed by atoms with Crippen LogP contribution in [0.2, 0.25) is 0 Å². The number of aryl methyl sites for hydroxylation is 3. The molecular formula is C26H36N2O2. The molecule has 0 saturated carbocycles. The minimum Gasteiger partial charge on any atom is -0.352 e. The number of rotatable bonds is 10. The average Bonchev–Trinajstić information content (AvgIpc) is 2.72. The molecule has 0 aliphatic carbocycles. The normalized spacial score (nSPS) is 12.8. The van der Waals surface area contributed by atoms with E-state index < -0.39 is 6.04 Å². The van der Waals surface area contributed by atoms with Crippen molar-refractivity contribution in [3.8, 4) is 0 Å². The van der Waals surface area contributed by atoms with Crippen LogP contribution in [0.3, 0.4) is 0 Å². The van der Waals surface area contributed by atoms with Crippen LogP contribution in [-0.2, 0) is 22.6 Å². The predicted molar refractivity (Wildman–Crippen MR) is 123 cm³/mol. The molecule has 0 aliphatic heterocycles. The minimum atomic E-state index is -0.468. The van der Waals surface area contributed by atoms with Crippen LogP contribution in [0, 0.1) is 13.8 Å². The fourth-order valence-corrected chi connectivity index (χ4v) is 3.52. The van der Waals surface area contributed by atoms with Crippen LogP contribution in [0.5, 0.6) is 0 Å². The van der Waals surface area contributed by atoms with E-state index in [-0.39, 0.29) is 17.9 Å². The molecule has 1 N–H and O–H groups in total. The second-order valence-electron chi connectivity index (χ2n) is 8.24. The van der Waals surface area contributed by atoms with Crippen LogP contribution < -0.4 is 5.32 Å². The lowest BCUT2D eigenvalue weighted by atomic mass is 10.0. The summed E-state index contributed by atoms with van der Waals surface area (Å²) >= 11 is 0. The van der Waals surface area contributed by atoms with Gasteiger partial charge in [0.1, 0.15) is 6.04 Å². The van der Waals surface area contributed by atoms with Gasteiger partial charge in [-0.1, -0.05) is 73.5 Å². The first kappa shape index (κ1) is 23.7. The van der Waals surface area contributed by atoms with Crippen molar-refractivity contribution >= 4 is 11.8 Å². The zero-order valence-electron chi connectivity index (χ0n) is 19.1. The van der Waals surface area contributed by atoms with E-state index in [1.54, 1.807) is 4.90 Å². The molecule has 2 aromatic rings. The first-order chi connectivity index (χ1) is 14.3. The highest BCUT2D eigenvalue weighted by atomic mass is 16.2.